The molecule has 190 valence electrons. The minimum Gasteiger partial charge on any atom is -0.494 e. The van der Waals surface area contributed by atoms with E-state index in [-0.39, 0.29) is 11.5 Å². The van der Waals surface area contributed by atoms with Crippen molar-refractivity contribution in [2.45, 2.75) is 89.7 Å². The quantitative estimate of drug-likeness (QED) is 0.552. The van der Waals surface area contributed by atoms with Crippen LogP contribution in [-0.2, 0) is 11.3 Å². The molecule has 1 aromatic carbocycles. The molecule has 1 aromatic rings. The van der Waals surface area contributed by atoms with Gasteiger partial charge in [-0.1, -0.05) is 24.1 Å². The molecule has 0 bridgehead atoms. The first-order chi connectivity index (χ1) is 17.1. The van der Waals surface area contributed by atoms with Crippen LogP contribution >= 0.6 is 0 Å². The van der Waals surface area contributed by atoms with Crippen molar-refractivity contribution in [3.63, 3.8) is 0 Å². The Morgan fingerprint density at radius 3 is 2.77 bits per heavy atom. The molecular formula is C31H43NO3. The molecule has 1 aliphatic heterocycles. The van der Waals surface area contributed by atoms with Crippen molar-refractivity contribution in [3.8, 4) is 5.75 Å². The predicted octanol–water partition coefficient (Wildman–Crippen LogP) is 5.92. The van der Waals surface area contributed by atoms with Crippen molar-refractivity contribution in [2.75, 3.05) is 19.7 Å². The number of carbonyl (C=O) groups is 1. The first kappa shape index (κ1) is 23.7. The monoisotopic (exact) mass is 477 g/mol. The minimum atomic E-state index is -0.188. The number of rotatable bonds is 6. The lowest BCUT2D eigenvalue weighted by atomic mass is 9.51. The van der Waals surface area contributed by atoms with Crippen LogP contribution in [-0.4, -0.2) is 41.6 Å². The largest absolute Gasteiger partial charge is 0.494 e. The topological polar surface area (TPSA) is 49.8 Å². The Labute approximate surface area is 211 Å². The number of carbonyl (C=O) groups excluding carboxylic acids is 1. The van der Waals surface area contributed by atoms with Gasteiger partial charge >= 0.3 is 0 Å². The Morgan fingerprint density at radius 2 is 1.89 bits per heavy atom. The maximum atomic E-state index is 12.0. The van der Waals surface area contributed by atoms with E-state index in [4.69, 9.17) is 4.74 Å². The van der Waals surface area contributed by atoms with Crippen molar-refractivity contribution in [2.24, 2.45) is 29.1 Å². The molecule has 6 rings (SSSR count). The first-order valence-corrected chi connectivity index (χ1v) is 14.5. The van der Waals surface area contributed by atoms with Gasteiger partial charge in [-0.3, -0.25) is 9.69 Å². The number of hydrogen-bond acceptors (Lipinski definition) is 4. The summed E-state index contributed by atoms with van der Waals surface area (Å²) < 4.78 is 6.35. The van der Waals surface area contributed by atoms with Crippen LogP contribution in [0.3, 0.4) is 0 Å². The van der Waals surface area contributed by atoms with Gasteiger partial charge in [0.1, 0.15) is 5.75 Å². The van der Waals surface area contributed by atoms with Gasteiger partial charge in [0.15, 0.2) is 5.78 Å². The van der Waals surface area contributed by atoms with E-state index in [1.54, 1.807) is 0 Å². The molecule has 4 fully saturated rings. The van der Waals surface area contributed by atoms with Crippen molar-refractivity contribution in [1.82, 2.24) is 4.90 Å². The molecule has 4 aliphatic carbocycles. The number of benzene rings is 1. The summed E-state index contributed by atoms with van der Waals surface area (Å²) in [5, 5.41) is 11.2. The zero-order valence-electron chi connectivity index (χ0n) is 21.3. The van der Waals surface area contributed by atoms with Gasteiger partial charge in [-0.05, 0) is 125 Å². The van der Waals surface area contributed by atoms with Gasteiger partial charge in [0.25, 0.3) is 0 Å². The van der Waals surface area contributed by atoms with Gasteiger partial charge in [0.2, 0.25) is 0 Å². The highest BCUT2D eigenvalue weighted by Gasteiger charge is 2.57. The van der Waals surface area contributed by atoms with E-state index in [1.165, 1.54) is 62.8 Å². The molecule has 1 saturated heterocycles. The predicted molar refractivity (Wildman–Crippen MR) is 138 cm³/mol. The van der Waals surface area contributed by atoms with E-state index in [9.17, 15) is 9.90 Å². The van der Waals surface area contributed by atoms with E-state index in [2.05, 4.69) is 29.2 Å². The fraction of sp³-hybridized carbons (Fsp3) is 0.710. The van der Waals surface area contributed by atoms with Crippen molar-refractivity contribution < 1.29 is 14.6 Å². The molecule has 1 heterocycles. The number of allylic oxidation sites excluding steroid dienone is 1. The summed E-state index contributed by atoms with van der Waals surface area (Å²) in [4.78, 5) is 14.5. The van der Waals surface area contributed by atoms with E-state index in [0.717, 1.165) is 56.7 Å². The summed E-state index contributed by atoms with van der Waals surface area (Å²) in [6, 6.07) is 8.68. The van der Waals surface area contributed by atoms with Crippen molar-refractivity contribution in [3.05, 3.63) is 41.5 Å². The van der Waals surface area contributed by atoms with Crippen LogP contribution in [0.2, 0.25) is 0 Å². The summed E-state index contributed by atoms with van der Waals surface area (Å²) in [5.41, 5.74) is 2.82. The average Bonchev–Trinajstić information content (AvgIpc) is 3.21. The van der Waals surface area contributed by atoms with Gasteiger partial charge in [-0.25, -0.2) is 0 Å². The van der Waals surface area contributed by atoms with Gasteiger partial charge in [-0.15, -0.1) is 0 Å². The standard InChI is InChI=1S/C31H43NO3/c33-24-8-10-26-23(20-24)7-9-28-27(26)13-14-31(29(28)11-12-30(31)34)15-18-35-25-6-4-5-22(19-25)21-32-16-2-1-3-17-32/h4-6,19-20,26-30,34H,1-3,7-18,21H2/t26?,27?,28?,29?,30-,31+/m0/s1. The third-order valence-electron chi connectivity index (χ3n) is 10.6. The molecule has 5 aliphatic rings. The Kier molecular flexibility index (Phi) is 6.79. The number of aliphatic hydroxyl groups excluding tert-OH is 1. The molecule has 35 heavy (non-hydrogen) atoms. The number of ether oxygens (including phenoxy) is 1. The zero-order chi connectivity index (χ0) is 23.8. The number of nitrogens with zero attached hydrogens (tertiary/aromatic N) is 1. The van der Waals surface area contributed by atoms with Crippen molar-refractivity contribution in [1.29, 1.82) is 0 Å². The molecule has 0 radical (unpaired) electrons. The van der Waals surface area contributed by atoms with Gasteiger partial charge < -0.3 is 9.84 Å². The number of piperidine rings is 1. The minimum absolute atomic E-state index is 0.0261. The van der Waals surface area contributed by atoms with E-state index < -0.39 is 0 Å². The fourth-order valence-electron chi connectivity index (χ4n) is 8.91. The number of hydrogen-bond donors (Lipinski definition) is 1. The second-order valence-corrected chi connectivity index (χ2v) is 12.3. The number of aliphatic hydroxyl groups is 1. The Morgan fingerprint density at radius 1 is 1.00 bits per heavy atom. The smallest absolute Gasteiger partial charge is 0.155 e. The normalized spacial score (nSPS) is 37.2. The maximum Gasteiger partial charge on any atom is 0.155 e. The van der Waals surface area contributed by atoms with Crippen molar-refractivity contribution >= 4 is 5.78 Å². The molecule has 0 spiro atoms. The van der Waals surface area contributed by atoms with Crippen LogP contribution in [0, 0.1) is 29.1 Å². The second kappa shape index (κ2) is 10.0. The van der Waals surface area contributed by atoms with Crippen LogP contribution in [0.25, 0.3) is 0 Å². The van der Waals surface area contributed by atoms with Gasteiger partial charge in [0.05, 0.1) is 12.7 Å². The Bertz CT molecular complexity index is 950. The molecule has 0 aromatic heterocycles. The number of ketones is 1. The SMILES string of the molecule is O=C1C=C2CCC3C(CC[C@@]4(CCOc5cccc(CN6CCCCC6)c5)C3CC[C@@H]4O)C2CC1. The van der Waals surface area contributed by atoms with Gasteiger partial charge in [0, 0.05) is 18.4 Å². The van der Waals surface area contributed by atoms with Crippen LogP contribution in [0.5, 0.6) is 5.75 Å². The summed E-state index contributed by atoms with van der Waals surface area (Å²) in [6.45, 7) is 4.14. The summed E-state index contributed by atoms with van der Waals surface area (Å²) in [6.07, 6.45) is 15.3. The zero-order valence-corrected chi connectivity index (χ0v) is 21.3. The second-order valence-electron chi connectivity index (χ2n) is 12.3. The van der Waals surface area contributed by atoms with E-state index >= 15 is 0 Å². The lowest BCUT2D eigenvalue weighted by Crippen LogP contribution is -2.49. The molecule has 4 unspecified atom stereocenters. The lowest BCUT2D eigenvalue weighted by molar-refractivity contribution is -0.116. The average molecular weight is 478 g/mol. The summed E-state index contributed by atoms with van der Waals surface area (Å²) in [7, 11) is 0. The molecule has 6 atom stereocenters. The molecular weight excluding hydrogens is 434 g/mol. The fourth-order valence-corrected chi connectivity index (χ4v) is 8.91. The van der Waals surface area contributed by atoms with Gasteiger partial charge in [-0.2, -0.15) is 0 Å². The van der Waals surface area contributed by atoms with E-state index in [1.807, 2.05) is 6.08 Å². The Balaban J connectivity index is 1.10. The Hall–Kier alpha value is -1.65. The molecule has 4 heteroatoms. The highest BCUT2D eigenvalue weighted by Crippen LogP contribution is 2.63. The molecule has 0 amide bonds. The first-order valence-electron chi connectivity index (χ1n) is 14.5. The molecule has 1 N–H and O–H groups in total. The van der Waals surface area contributed by atoms with Crippen LogP contribution in [0.1, 0.15) is 82.6 Å². The van der Waals surface area contributed by atoms with Crippen LogP contribution < -0.4 is 4.74 Å². The molecule has 4 nitrogen and oxygen atoms in total. The summed E-state index contributed by atoms with van der Waals surface area (Å²) >= 11 is 0. The van der Waals surface area contributed by atoms with Crippen LogP contribution in [0.4, 0.5) is 0 Å². The van der Waals surface area contributed by atoms with Crippen LogP contribution in [0.15, 0.2) is 35.9 Å². The maximum absolute atomic E-state index is 12.0. The highest BCUT2D eigenvalue weighted by molar-refractivity contribution is 5.91. The molecule has 3 saturated carbocycles. The highest BCUT2D eigenvalue weighted by atomic mass is 16.5. The third kappa shape index (κ3) is 4.62. The van der Waals surface area contributed by atoms with E-state index in [0.29, 0.717) is 30.1 Å². The lowest BCUT2D eigenvalue weighted by Gasteiger charge is -2.54. The number of fused-ring (bicyclic) bond motifs is 5. The number of likely N-dealkylation sites (tertiary alicyclic amines) is 1. The summed E-state index contributed by atoms with van der Waals surface area (Å²) in [5.74, 6) is 4.00. The third-order valence-corrected chi connectivity index (χ3v) is 10.6.